The number of aromatic nitrogens is 2. The topological polar surface area (TPSA) is 64.3 Å². The van der Waals surface area contributed by atoms with E-state index in [1.54, 1.807) is 24.9 Å². The molecule has 0 radical (unpaired) electrons. The van der Waals surface area contributed by atoms with Gasteiger partial charge in [0, 0.05) is 11.8 Å². The lowest BCUT2D eigenvalue weighted by Gasteiger charge is -2.03. The van der Waals surface area contributed by atoms with E-state index in [9.17, 15) is 4.21 Å². The van der Waals surface area contributed by atoms with Crippen LogP contribution < -0.4 is 4.74 Å². The molecule has 6 heteroatoms. The van der Waals surface area contributed by atoms with Crippen molar-refractivity contribution >= 4 is 11.1 Å². The van der Waals surface area contributed by atoms with Crippen LogP contribution >= 0.6 is 0 Å². The summed E-state index contributed by atoms with van der Waals surface area (Å²) in [4.78, 5) is 0. The molecule has 5 nitrogen and oxygen atoms in total. The van der Waals surface area contributed by atoms with Crippen molar-refractivity contribution in [3.05, 3.63) is 41.6 Å². The first-order valence-corrected chi connectivity index (χ1v) is 6.48. The molecule has 0 fully saturated rings. The fourth-order valence-corrected chi connectivity index (χ4v) is 2.18. The Bertz CT molecular complexity index is 563. The fourth-order valence-electron chi connectivity index (χ4n) is 1.67. The average Bonchev–Trinajstić information content (AvgIpc) is 2.71. The van der Waals surface area contributed by atoms with Crippen LogP contribution in [0.15, 0.2) is 35.5 Å². The van der Waals surface area contributed by atoms with Gasteiger partial charge in [-0.2, -0.15) is 5.10 Å². The van der Waals surface area contributed by atoms with Crippen LogP contribution in [0, 0.1) is 6.92 Å². The summed E-state index contributed by atoms with van der Waals surface area (Å²) in [5, 5.41) is 4.29. The minimum Gasteiger partial charge on any atom is -0.497 e. The lowest BCUT2D eigenvalue weighted by atomic mass is 10.2. The van der Waals surface area contributed by atoms with Gasteiger partial charge in [-0.3, -0.25) is 4.68 Å². The summed E-state index contributed by atoms with van der Waals surface area (Å²) in [7, 11) is 1.62. The predicted molar refractivity (Wildman–Crippen MR) is 68.1 cm³/mol. The fraction of sp³-hybridized carbons (Fsp3) is 0.250. The normalized spacial score (nSPS) is 12.4. The Hall–Kier alpha value is -1.66. The van der Waals surface area contributed by atoms with Gasteiger partial charge >= 0.3 is 0 Å². The third-order valence-corrected chi connectivity index (χ3v) is 3.30. The van der Waals surface area contributed by atoms with Crippen LogP contribution in [0.4, 0.5) is 0 Å². The van der Waals surface area contributed by atoms with E-state index in [0.29, 0.717) is 12.1 Å². The van der Waals surface area contributed by atoms with E-state index in [2.05, 4.69) is 5.10 Å². The second kappa shape index (κ2) is 5.32. The van der Waals surface area contributed by atoms with E-state index in [4.69, 9.17) is 9.29 Å². The number of nitrogens with zero attached hydrogens (tertiary/aromatic N) is 2. The van der Waals surface area contributed by atoms with Gasteiger partial charge in [0.25, 0.3) is 0 Å². The Morgan fingerprint density at radius 2 is 2.06 bits per heavy atom. The largest absolute Gasteiger partial charge is 0.497 e. The van der Waals surface area contributed by atoms with E-state index >= 15 is 0 Å². The first-order chi connectivity index (χ1) is 8.60. The number of hydrogen-bond donors (Lipinski definition) is 1. The summed E-state index contributed by atoms with van der Waals surface area (Å²) in [6.07, 6.45) is 1.76. The molecule has 1 aromatic heterocycles. The summed E-state index contributed by atoms with van der Waals surface area (Å²) in [5.74, 6) is 0.799. The van der Waals surface area contributed by atoms with Crippen molar-refractivity contribution in [2.75, 3.05) is 7.11 Å². The van der Waals surface area contributed by atoms with Gasteiger partial charge in [0.1, 0.15) is 5.75 Å². The molecule has 1 heterocycles. The molecule has 18 heavy (non-hydrogen) atoms. The van der Waals surface area contributed by atoms with Crippen molar-refractivity contribution in [1.82, 2.24) is 9.78 Å². The van der Waals surface area contributed by atoms with Crippen LogP contribution in [0.25, 0.3) is 0 Å². The van der Waals surface area contributed by atoms with Gasteiger partial charge in [-0.15, -0.1) is 0 Å². The quantitative estimate of drug-likeness (QED) is 0.857. The zero-order valence-corrected chi connectivity index (χ0v) is 11.0. The molecule has 0 aliphatic carbocycles. The minimum atomic E-state index is -2.03. The van der Waals surface area contributed by atoms with E-state index in [0.717, 1.165) is 11.3 Å². The van der Waals surface area contributed by atoms with Crippen LogP contribution in [-0.2, 0) is 17.6 Å². The standard InChI is InChI=1S/C12H14N2O3S/c1-9-7-14(13-12(9)18(15)16)8-10-3-5-11(17-2)6-4-10/h3-7H,8H2,1-2H3,(H,15,16). The molecule has 0 saturated heterocycles. The number of ether oxygens (including phenoxy) is 1. The minimum absolute atomic E-state index is 0.212. The first-order valence-electron chi connectivity index (χ1n) is 5.38. The zero-order chi connectivity index (χ0) is 13.1. The molecule has 0 saturated carbocycles. The monoisotopic (exact) mass is 266 g/mol. The number of benzene rings is 1. The van der Waals surface area contributed by atoms with Gasteiger partial charge in [-0.25, -0.2) is 4.21 Å². The Labute approximate surface area is 108 Å². The van der Waals surface area contributed by atoms with E-state index < -0.39 is 11.1 Å². The van der Waals surface area contributed by atoms with Crippen molar-refractivity contribution in [2.45, 2.75) is 18.5 Å². The highest BCUT2D eigenvalue weighted by Gasteiger charge is 2.10. The molecular formula is C12H14N2O3S. The lowest BCUT2D eigenvalue weighted by Crippen LogP contribution is -2.01. The Kier molecular flexibility index (Phi) is 3.78. The number of hydrogen-bond acceptors (Lipinski definition) is 3. The summed E-state index contributed by atoms with van der Waals surface area (Å²) in [6.45, 7) is 2.32. The second-order valence-corrected chi connectivity index (χ2v) is 4.80. The Morgan fingerprint density at radius 1 is 1.39 bits per heavy atom. The average molecular weight is 266 g/mol. The van der Waals surface area contributed by atoms with E-state index in [-0.39, 0.29) is 5.03 Å². The second-order valence-electron chi connectivity index (χ2n) is 3.91. The maximum Gasteiger partial charge on any atom is 0.207 e. The van der Waals surface area contributed by atoms with Gasteiger partial charge < -0.3 is 9.29 Å². The van der Waals surface area contributed by atoms with E-state index in [1.807, 2.05) is 24.3 Å². The maximum absolute atomic E-state index is 11.0. The van der Waals surface area contributed by atoms with E-state index in [1.165, 1.54) is 0 Å². The van der Waals surface area contributed by atoms with Crippen molar-refractivity contribution < 1.29 is 13.5 Å². The Balaban J connectivity index is 2.18. The highest BCUT2D eigenvalue weighted by atomic mass is 32.2. The summed E-state index contributed by atoms with van der Waals surface area (Å²) in [5.41, 5.74) is 1.76. The molecule has 96 valence electrons. The number of methoxy groups -OCH3 is 1. The molecule has 2 rings (SSSR count). The molecule has 0 bridgehead atoms. The SMILES string of the molecule is COc1ccc(Cn2cc(C)c(S(=O)O)n2)cc1. The van der Waals surface area contributed by atoms with Crippen LogP contribution in [0.5, 0.6) is 5.75 Å². The maximum atomic E-state index is 11.0. The number of rotatable bonds is 4. The highest BCUT2D eigenvalue weighted by molar-refractivity contribution is 7.79. The van der Waals surface area contributed by atoms with Gasteiger partial charge in [0.15, 0.2) is 5.03 Å². The third-order valence-electron chi connectivity index (χ3n) is 2.57. The van der Waals surface area contributed by atoms with Crippen molar-refractivity contribution in [3.8, 4) is 5.75 Å². The van der Waals surface area contributed by atoms with Crippen LogP contribution in [0.1, 0.15) is 11.1 Å². The summed E-state index contributed by atoms with van der Waals surface area (Å²) >= 11 is -2.03. The number of aryl methyl sites for hydroxylation is 1. The molecule has 0 amide bonds. The van der Waals surface area contributed by atoms with Gasteiger partial charge in [-0.05, 0) is 24.6 Å². The molecule has 1 N–H and O–H groups in total. The smallest absolute Gasteiger partial charge is 0.207 e. The first kappa shape index (κ1) is 12.8. The molecular weight excluding hydrogens is 252 g/mol. The molecule has 1 atom stereocenters. The van der Waals surface area contributed by atoms with Crippen molar-refractivity contribution in [1.29, 1.82) is 0 Å². The van der Waals surface area contributed by atoms with Crippen molar-refractivity contribution in [3.63, 3.8) is 0 Å². The molecule has 2 aromatic rings. The molecule has 1 aromatic carbocycles. The van der Waals surface area contributed by atoms with Gasteiger partial charge in [0.2, 0.25) is 11.1 Å². The third kappa shape index (κ3) is 2.77. The molecule has 0 spiro atoms. The predicted octanol–water partition coefficient (Wildman–Crippen LogP) is 1.83. The molecule has 0 aliphatic heterocycles. The summed E-state index contributed by atoms with van der Waals surface area (Å²) in [6, 6.07) is 7.62. The highest BCUT2D eigenvalue weighted by Crippen LogP contribution is 2.14. The van der Waals surface area contributed by atoms with Crippen molar-refractivity contribution in [2.24, 2.45) is 0 Å². The molecule has 1 unspecified atom stereocenters. The van der Waals surface area contributed by atoms with Crippen LogP contribution in [0.3, 0.4) is 0 Å². The molecule has 0 aliphatic rings. The van der Waals surface area contributed by atoms with Gasteiger partial charge in [0.05, 0.1) is 13.7 Å². The Morgan fingerprint density at radius 3 is 2.56 bits per heavy atom. The summed E-state index contributed by atoms with van der Waals surface area (Å²) < 4.78 is 26.8. The zero-order valence-electron chi connectivity index (χ0n) is 10.2. The lowest BCUT2D eigenvalue weighted by molar-refractivity contribution is 0.414. The van der Waals surface area contributed by atoms with Crippen LogP contribution in [0.2, 0.25) is 0 Å². The van der Waals surface area contributed by atoms with Gasteiger partial charge in [-0.1, -0.05) is 12.1 Å². The van der Waals surface area contributed by atoms with Crippen LogP contribution in [-0.4, -0.2) is 25.7 Å².